The van der Waals surface area contributed by atoms with Crippen LogP contribution in [0.15, 0.2) is 48.0 Å². The molecule has 2 aromatic carbocycles. The Labute approximate surface area is 148 Å². The molecule has 0 heterocycles. The molecule has 1 aliphatic carbocycles. The summed E-state index contributed by atoms with van der Waals surface area (Å²) in [5.74, 6) is -2.78. The highest BCUT2D eigenvalue weighted by atomic mass is 16.5. The molecule has 0 spiro atoms. The maximum atomic E-state index is 12.8. The summed E-state index contributed by atoms with van der Waals surface area (Å²) in [5, 5.41) is 21.1. The van der Waals surface area contributed by atoms with Gasteiger partial charge in [-0.2, -0.15) is 0 Å². The summed E-state index contributed by atoms with van der Waals surface area (Å²) in [7, 11) is 1.50. The largest absolute Gasteiger partial charge is 0.506 e. The number of ketones is 1. The summed E-state index contributed by atoms with van der Waals surface area (Å²) in [4.78, 5) is 35.6. The quantitative estimate of drug-likeness (QED) is 0.709. The van der Waals surface area contributed by atoms with Crippen LogP contribution < -0.4 is 10.1 Å². The Morgan fingerprint density at radius 3 is 2.38 bits per heavy atom. The molecule has 7 nitrogen and oxygen atoms in total. The Bertz CT molecular complexity index is 960. The van der Waals surface area contributed by atoms with Crippen molar-refractivity contribution in [1.29, 1.82) is 0 Å². The number of rotatable bonds is 5. The first-order valence-electron chi connectivity index (χ1n) is 7.70. The Morgan fingerprint density at radius 2 is 1.69 bits per heavy atom. The number of carboxylic acid groups (broad SMARTS) is 1. The lowest BCUT2D eigenvalue weighted by Gasteiger charge is -2.12. The minimum atomic E-state index is -1.25. The second kappa shape index (κ2) is 6.72. The van der Waals surface area contributed by atoms with Crippen molar-refractivity contribution in [3.05, 3.63) is 59.2 Å². The maximum Gasteiger partial charge on any atom is 0.322 e. The topological polar surface area (TPSA) is 113 Å². The molecule has 1 aliphatic rings. The average molecular weight is 353 g/mol. The molecule has 3 N–H and O–H groups in total. The number of carbonyl (C=O) groups is 3. The number of aliphatic hydroxyl groups is 1. The van der Waals surface area contributed by atoms with Crippen LogP contribution in [0.1, 0.15) is 15.9 Å². The standard InChI is InChI=1S/C19H15NO6/c1-26-13-8-3-2-5-10(13)11-6-4-7-12-15(11)18(24)16(17(12)23)19(25)20-9-14(21)22/h2-8,23H,9H2,1H3,(H,20,25)(H,21,22). The molecule has 0 unspecified atom stereocenters. The van der Waals surface area contributed by atoms with Crippen molar-refractivity contribution in [2.75, 3.05) is 13.7 Å². The van der Waals surface area contributed by atoms with E-state index < -0.39 is 35.5 Å². The van der Waals surface area contributed by atoms with E-state index in [1.807, 2.05) is 0 Å². The van der Waals surface area contributed by atoms with Gasteiger partial charge in [-0.1, -0.05) is 36.4 Å². The number of Topliss-reactive ketones (excluding diaryl/α,β-unsaturated/α-hetero) is 1. The number of methoxy groups -OCH3 is 1. The molecule has 1 amide bonds. The molecule has 132 valence electrons. The Morgan fingerprint density at radius 1 is 1.04 bits per heavy atom. The van der Waals surface area contributed by atoms with Crippen molar-refractivity contribution >= 4 is 23.4 Å². The third-order valence-corrected chi connectivity index (χ3v) is 4.03. The fourth-order valence-corrected chi connectivity index (χ4v) is 2.91. The SMILES string of the molecule is COc1ccccc1-c1cccc2c1C(=O)C(C(=O)NCC(=O)O)=C2O. The van der Waals surface area contributed by atoms with E-state index in [0.717, 1.165) is 0 Å². The molecular formula is C19H15NO6. The van der Waals surface area contributed by atoms with Gasteiger partial charge in [-0.15, -0.1) is 0 Å². The van der Waals surface area contributed by atoms with Gasteiger partial charge in [-0.05, 0) is 11.6 Å². The first-order chi connectivity index (χ1) is 12.5. The van der Waals surface area contributed by atoms with Crippen molar-refractivity contribution in [2.24, 2.45) is 0 Å². The summed E-state index contributed by atoms with van der Waals surface area (Å²) in [6, 6.07) is 11.9. The van der Waals surface area contributed by atoms with Gasteiger partial charge in [0.1, 0.15) is 23.6 Å². The monoisotopic (exact) mass is 353 g/mol. The fourth-order valence-electron chi connectivity index (χ4n) is 2.91. The molecule has 26 heavy (non-hydrogen) atoms. The first kappa shape index (κ1) is 17.2. The summed E-state index contributed by atoms with van der Waals surface area (Å²) < 4.78 is 5.33. The normalized spacial score (nSPS) is 12.7. The van der Waals surface area contributed by atoms with E-state index in [1.165, 1.54) is 13.2 Å². The van der Waals surface area contributed by atoms with E-state index >= 15 is 0 Å². The van der Waals surface area contributed by atoms with Crippen LogP contribution in [0.2, 0.25) is 0 Å². The highest BCUT2D eigenvalue weighted by molar-refractivity contribution is 6.35. The minimum absolute atomic E-state index is 0.176. The predicted octanol–water partition coefficient (Wildman–Crippen LogP) is 2.03. The lowest BCUT2D eigenvalue weighted by Crippen LogP contribution is -2.32. The maximum absolute atomic E-state index is 12.8. The molecule has 0 saturated heterocycles. The van der Waals surface area contributed by atoms with Crippen LogP contribution in [-0.4, -0.2) is 41.5 Å². The van der Waals surface area contributed by atoms with E-state index in [2.05, 4.69) is 5.32 Å². The molecule has 0 aliphatic heterocycles. The molecule has 0 bridgehead atoms. The molecule has 7 heteroatoms. The van der Waals surface area contributed by atoms with Crippen LogP contribution in [0.3, 0.4) is 0 Å². The van der Waals surface area contributed by atoms with E-state index in [4.69, 9.17) is 9.84 Å². The zero-order valence-electron chi connectivity index (χ0n) is 13.8. The van der Waals surface area contributed by atoms with Gasteiger partial charge in [0, 0.05) is 16.7 Å². The highest BCUT2D eigenvalue weighted by Crippen LogP contribution is 2.40. The zero-order chi connectivity index (χ0) is 18.8. The number of fused-ring (bicyclic) bond motifs is 1. The molecular weight excluding hydrogens is 338 g/mol. The van der Waals surface area contributed by atoms with Gasteiger partial charge in [0.05, 0.1) is 7.11 Å². The Balaban J connectivity index is 2.08. The summed E-state index contributed by atoms with van der Waals surface area (Å²) in [6.45, 7) is -0.654. The van der Waals surface area contributed by atoms with Crippen LogP contribution in [0.4, 0.5) is 0 Å². The molecule has 0 radical (unpaired) electrons. The number of nitrogens with one attached hydrogen (secondary N) is 1. The van der Waals surface area contributed by atoms with Gasteiger partial charge in [-0.3, -0.25) is 14.4 Å². The van der Waals surface area contributed by atoms with E-state index in [9.17, 15) is 19.5 Å². The summed E-state index contributed by atoms with van der Waals surface area (Å²) >= 11 is 0. The van der Waals surface area contributed by atoms with Gasteiger partial charge in [0.2, 0.25) is 5.78 Å². The Kier molecular flexibility index (Phi) is 4.45. The number of amides is 1. The zero-order valence-corrected chi connectivity index (χ0v) is 13.8. The predicted molar refractivity (Wildman–Crippen MR) is 93.0 cm³/mol. The van der Waals surface area contributed by atoms with Crippen molar-refractivity contribution in [3.8, 4) is 16.9 Å². The number of carbonyl (C=O) groups excluding carboxylic acids is 2. The smallest absolute Gasteiger partial charge is 0.322 e. The van der Waals surface area contributed by atoms with Crippen LogP contribution in [0, 0.1) is 0 Å². The number of ether oxygens (including phenoxy) is 1. The van der Waals surface area contributed by atoms with Gasteiger partial charge < -0.3 is 20.3 Å². The number of benzene rings is 2. The summed E-state index contributed by atoms with van der Waals surface area (Å²) in [5.41, 5.74) is 1.08. The minimum Gasteiger partial charge on any atom is -0.506 e. The second-order valence-corrected chi connectivity index (χ2v) is 5.56. The van der Waals surface area contributed by atoms with Gasteiger partial charge in [-0.25, -0.2) is 0 Å². The van der Waals surface area contributed by atoms with Crippen LogP contribution in [0.25, 0.3) is 16.9 Å². The molecule has 0 saturated carbocycles. The van der Waals surface area contributed by atoms with Crippen molar-refractivity contribution in [2.45, 2.75) is 0 Å². The number of hydrogen-bond acceptors (Lipinski definition) is 5. The third-order valence-electron chi connectivity index (χ3n) is 4.03. The molecule has 2 aromatic rings. The lowest BCUT2D eigenvalue weighted by atomic mass is 9.94. The Hall–Kier alpha value is -3.61. The highest BCUT2D eigenvalue weighted by Gasteiger charge is 2.36. The van der Waals surface area contributed by atoms with E-state index in [-0.39, 0.29) is 11.1 Å². The van der Waals surface area contributed by atoms with Gasteiger partial charge >= 0.3 is 5.97 Å². The number of para-hydroxylation sites is 1. The molecule has 0 aromatic heterocycles. The van der Waals surface area contributed by atoms with E-state index in [1.54, 1.807) is 36.4 Å². The fraction of sp³-hybridized carbons (Fsp3) is 0.105. The molecule has 3 rings (SSSR count). The van der Waals surface area contributed by atoms with Crippen molar-refractivity contribution in [1.82, 2.24) is 5.32 Å². The van der Waals surface area contributed by atoms with Crippen LogP contribution >= 0.6 is 0 Å². The first-order valence-corrected chi connectivity index (χ1v) is 7.70. The van der Waals surface area contributed by atoms with Crippen LogP contribution in [-0.2, 0) is 9.59 Å². The van der Waals surface area contributed by atoms with Gasteiger partial charge in [0.15, 0.2) is 0 Å². The molecule has 0 fully saturated rings. The third kappa shape index (κ3) is 2.79. The molecule has 0 atom stereocenters. The van der Waals surface area contributed by atoms with Gasteiger partial charge in [0.25, 0.3) is 5.91 Å². The van der Waals surface area contributed by atoms with Crippen molar-refractivity contribution < 1.29 is 29.3 Å². The van der Waals surface area contributed by atoms with E-state index in [0.29, 0.717) is 16.9 Å². The van der Waals surface area contributed by atoms with Crippen LogP contribution in [0.5, 0.6) is 5.75 Å². The second-order valence-electron chi connectivity index (χ2n) is 5.56. The summed E-state index contributed by atoms with van der Waals surface area (Å²) in [6.07, 6.45) is 0. The average Bonchev–Trinajstić information content (AvgIpc) is 2.90. The van der Waals surface area contributed by atoms with Crippen molar-refractivity contribution in [3.63, 3.8) is 0 Å². The number of aliphatic hydroxyl groups excluding tert-OH is 1. The lowest BCUT2D eigenvalue weighted by molar-refractivity contribution is -0.137. The number of hydrogen-bond donors (Lipinski definition) is 3. The number of aliphatic carboxylic acids is 1. The number of carboxylic acids is 1.